The zero-order valence-corrected chi connectivity index (χ0v) is 19.0. The van der Waals surface area contributed by atoms with E-state index in [2.05, 4.69) is 10.2 Å². The lowest BCUT2D eigenvalue weighted by Crippen LogP contribution is -2.43. The zero-order valence-electron chi connectivity index (χ0n) is 17.5. The lowest BCUT2D eigenvalue weighted by Gasteiger charge is -2.33. The Morgan fingerprint density at radius 3 is 2.53 bits per heavy atom. The van der Waals surface area contributed by atoms with Crippen LogP contribution < -0.4 is 5.32 Å². The van der Waals surface area contributed by atoms with E-state index in [-0.39, 0.29) is 22.8 Å². The second-order valence-electron chi connectivity index (χ2n) is 7.98. The van der Waals surface area contributed by atoms with Crippen molar-refractivity contribution in [3.63, 3.8) is 0 Å². The van der Waals surface area contributed by atoms with E-state index in [9.17, 15) is 13.2 Å². The Kier molecular flexibility index (Phi) is 7.55. The summed E-state index contributed by atoms with van der Waals surface area (Å²) in [4.78, 5) is 15.5. The summed E-state index contributed by atoms with van der Waals surface area (Å²) in [5.41, 5.74) is 2.00. The maximum absolute atomic E-state index is 13.0. The summed E-state index contributed by atoms with van der Waals surface area (Å²) in [6, 6.07) is 14.5. The smallest absolute Gasteiger partial charge is 0.224 e. The molecule has 1 amide bonds. The van der Waals surface area contributed by atoms with Crippen molar-refractivity contribution in [3.05, 3.63) is 64.7 Å². The van der Waals surface area contributed by atoms with Gasteiger partial charge in [0.1, 0.15) is 0 Å². The van der Waals surface area contributed by atoms with Crippen molar-refractivity contribution in [2.75, 3.05) is 19.3 Å². The van der Waals surface area contributed by atoms with Gasteiger partial charge >= 0.3 is 0 Å². The number of piperidine rings is 1. The van der Waals surface area contributed by atoms with Crippen LogP contribution >= 0.6 is 11.6 Å². The fourth-order valence-electron chi connectivity index (χ4n) is 3.94. The van der Waals surface area contributed by atoms with E-state index in [1.54, 1.807) is 24.3 Å². The molecule has 1 aliphatic heterocycles. The molecule has 0 spiro atoms. The number of sulfone groups is 1. The molecular weight excluding hydrogens is 420 g/mol. The molecular formula is C23H29ClN2O3S. The number of nitrogens with zero attached hydrogens (tertiary/aromatic N) is 1. The first kappa shape index (κ1) is 22.8. The fraction of sp³-hybridized carbons (Fsp3) is 0.435. The Morgan fingerprint density at radius 1 is 1.20 bits per heavy atom. The average molecular weight is 449 g/mol. The molecule has 7 heteroatoms. The van der Waals surface area contributed by atoms with E-state index in [0.29, 0.717) is 6.54 Å². The lowest BCUT2D eigenvalue weighted by molar-refractivity contribution is -0.127. The number of hydrogen-bond acceptors (Lipinski definition) is 4. The van der Waals surface area contributed by atoms with Crippen molar-refractivity contribution in [2.24, 2.45) is 5.92 Å². The summed E-state index contributed by atoms with van der Waals surface area (Å²) in [5.74, 6) is -0.0107. The predicted octanol–water partition coefficient (Wildman–Crippen LogP) is 4.22. The van der Waals surface area contributed by atoms with Crippen molar-refractivity contribution < 1.29 is 13.2 Å². The highest BCUT2D eigenvalue weighted by Crippen LogP contribution is 2.24. The van der Waals surface area contributed by atoms with Gasteiger partial charge < -0.3 is 5.32 Å². The molecule has 3 rings (SSSR count). The van der Waals surface area contributed by atoms with Gasteiger partial charge in [-0.15, -0.1) is 0 Å². The normalized spacial score (nSPS) is 18.7. The molecule has 0 saturated carbocycles. The Morgan fingerprint density at radius 2 is 1.90 bits per heavy atom. The highest BCUT2D eigenvalue weighted by Gasteiger charge is 2.27. The maximum Gasteiger partial charge on any atom is 0.224 e. The number of benzene rings is 2. The van der Waals surface area contributed by atoms with Gasteiger partial charge in [-0.1, -0.05) is 48.9 Å². The Hall–Kier alpha value is -1.89. The van der Waals surface area contributed by atoms with E-state index in [4.69, 9.17) is 11.6 Å². The van der Waals surface area contributed by atoms with Gasteiger partial charge in [0.05, 0.1) is 16.9 Å². The van der Waals surface area contributed by atoms with Crippen LogP contribution in [0.25, 0.3) is 0 Å². The van der Waals surface area contributed by atoms with Crippen molar-refractivity contribution in [3.8, 4) is 0 Å². The Bertz CT molecular complexity index is 976. The van der Waals surface area contributed by atoms with Crippen LogP contribution in [0.5, 0.6) is 0 Å². The summed E-state index contributed by atoms with van der Waals surface area (Å²) < 4.78 is 23.3. The quantitative estimate of drug-likeness (QED) is 0.688. The van der Waals surface area contributed by atoms with Crippen LogP contribution in [0, 0.1) is 5.92 Å². The highest BCUT2D eigenvalue weighted by atomic mass is 35.5. The van der Waals surface area contributed by atoms with Crippen molar-refractivity contribution >= 4 is 27.3 Å². The van der Waals surface area contributed by atoms with E-state index >= 15 is 0 Å². The van der Waals surface area contributed by atoms with Crippen LogP contribution in [-0.4, -0.2) is 38.6 Å². The number of carbonyl (C=O) groups excluding carboxylic acids is 1. The third-order valence-electron chi connectivity index (χ3n) is 5.66. The maximum atomic E-state index is 13.0. The first-order valence-corrected chi connectivity index (χ1v) is 12.6. The van der Waals surface area contributed by atoms with Gasteiger partial charge in [0.25, 0.3) is 0 Å². The molecule has 0 radical (unpaired) electrons. The SMILES string of the molecule is CC[C@@H](NC(=O)[C@H]1CCCN(Cc2ccccc2Cl)C1)c1ccc(S(C)(=O)=O)cc1. The van der Waals surface area contributed by atoms with Crippen LogP contribution in [0.3, 0.4) is 0 Å². The second-order valence-corrected chi connectivity index (χ2v) is 10.4. The summed E-state index contributed by atoms with van der Waals surface area (Å²) in [6.45, 7) is 4.42. The lowest BCUT2D eigenvalue weighted by atomic mass is 9.95. The van der Waals surface area contributed by atoms with E-state index in [0.717, 1.165) is 48.5 Å². The molecule has 162 valence electrons. The van der Waals surface area contributed by atoms with Gasteiger partial charge in [-0.3, -0.25) is 9.69 Å². The number of amides is 1. The van der Waals surface area contributed by atoms with Crippen LogP contribution in [-0.2, 0) is 21.2 Å². The molecule has 0 bridgehead atoms. The number of likely N-dealkylation sites (tertiary alicyclic amines) is 1. The average Bonchev–Trinajstić information content (AvgIpc) is 2.73. The summed E-state index contributed by atoms with van der Waals surface area (Å²) >= 11 is 6.29. The van der Waals surface area contributed by atoms with Crippen molar-refractivity contribution in [1.29, 1.82) is 0 Å². The van der Waals surface area contributed by atoms with E-state index < -0.39 is 9.84 Å². The van der Waals surface area contributed by atoms with E-state index in [1.165, 1.54) is 6.26 Å². The third kappa shape index (κ3) is 5.84. The molecule has 5 nitrogen and oxygen atoms in total. The molecule has 30 heavy (non-hydrogen) atoms. The largest absolute Gasteiger partial charge is 0.349 e. The van der Waals surface area contributed by atoms with Gasteiger partial charge in [0.15, 0.2) is 9.84 Å². The minimum Gasteiger partial charge on any atom is -0.349 e. The van der Waals surface area contributed by atoms with Gasteiger partial charge in [-0.2, -0.15) is 0 Å². The number of carbonyl (C=O) groups is 1. The first-order valence-electron chi connectivity index (χ1n) is 10.3. The van der Waals surface area contributed by atoms with Crippen LogP contribution in [0.1, 0.15) is 43.4 Å². The summed E-state index contributed by atoms with van der Waals surface area (Å²) in [7, 11) is -3.23. The molecule has 1 N–H and O–H groups in total. The monoisotopic (exact) mass is 448 g/mol. The van der Waals surface area contributed by atoms with E-state index in [1.807, 2.05) is 31.2 Å². The minimum absolute atomic E-state index is 0.0536. The topological polar surface area (TPSA) is 66.5 Å². The van der Waals surface area contributed by atoms with Gasteiger partial charge in [-0.05, 0) is 55.1 Å². The minimum atomic E-state index is -3.23. The molecule has 2 aromatic carbocycles. The number of nitrogens with one attached hydrogen (secondary N) is 1. The molecule has 2 atom stereocenters. The number of hydrogen-bond donors (Lipinski definition) is 1. The molecule has 1 saturated heterocycles. The molecule has 1 heterocycles. The Labute approximate surface area is 184 Å². The third-order valence-corrected chi connectivity index (χ3v) is 7.16. The van der Waals surface area contributed by atoms with Crippen LogP contribution in [0.4, 0.5) is 0 Å². The number of rotatable bonds is 7. The van der Waals surface area contributed by atoms with Crippen molar-refractivity contribution in [2.45, 2.75) is 43.7 Å². The van der Waals surface area contributed by atoms with Crippen LogP contribution in [0.2, 0.25) is 5.02 Å². The molecule has 0 aliphatic carbocycles. The highest BCUT2D eigenvalue weighted by molar-refractivity contribution is 7.90. The first-order chi connectivity index (χ1) is 14.3. The van der Waals surface area contributed by atoms with Gasteiger partial charge in [0, 0.05) is 24.4 Å². The Balaban J connectivity index is 1.63. The summed E-state index contributed by atoms with van der Waals surface area (Å²) in [6.07, 6.45) is 3.77. The number of halogens is 1. The van der Waals surface area contributed by atoms with Gasteiger partial charge in [0.2, 0.25) is 5.91 Å². The standard InChI is InChI=1S/C23H29ClN2O3S/c1-3-22(17-10-12-20(13-11-17)30(2,28)29)25-23(27)19-8-6-14-26(16-19)15-18-7-4-5-9-21(18)24/h4-5,7,9-13,19,22H,3,6,8,14-16H2,1-2H3,(H,25,27)/t19-,22+/m0/s1. The summed E-state index contributed by atoms with van der Waals surface area (Å²) in [5, 5.41) is 3.92. The second kappa shape index (κ2) is 9.94. The van der Waals surface area contributed by atoms with Gasteiger partial charge in [-0.25, -0.2) is 8.42 Å². The zero-order chi connectivity index (χ0) is 21.7. The predicted molar refractivity (Wildman–Crippen MR) is 120 cm³/mol. The fourth-order valence-corrected chi connectivity index (χ4v) is 4.76. The molecule has 2 aromatic rings. The molecule has 0 unspecified atom stereocenters. The molecule has 1 aliphatic rings. The molecule has 1 fully saturated rings. The van der Waals surface area contributed by atoms with Crippen molar-refractivity contribution in [1.82, 2.24) is 10.2 Å². The molecule has 0 aromatic heterocycles. The van der Waals surface area contributed by atoms with Crippen LogP contribution in [0.15, 0.2) is 53.4 Å².